The lowest BCUT2D eigenvalue weighted by molar-refractivity contribution is -0.126. The molecule has 0 saturated carbocycles. The van der Waals surface area contributed by atoms with E-state index in [1.807, 2.05) is 31.2 Å². The smallest absolute Gasteiger partial charge is 0.253 e. The summed E-state index contributed by atoms with van der Waals surface area (Å²) in [7, 11) is 0. The second kappa shape index (κ2) is 9.15. The van der Waals surface area contributed by atoms with Gasteiger partial charge in [0, 0.05) is 0 Å². The average Bonchev–Trinajstić information content (AvgIpc) is 2.46. The number of hydrogen-bond donors (Lipinski definition) is 1. The molecule has 1 aromatic rings. The maximum absolute atomic E-state index is 12.0. The number of carbonyl (C=O) groups excluding carboxylic acids is 1. The summed E-state index contributed by atoms with van der Waals surface area (Å²) in [5.41, 5.74) is 0.671. The summed E-state index contributed by atoms with van der Waals surface area (Å²) in [6.07, 6.45) is 2.91. The Bertz CT molecular complexity index is 431. The predicted molar refractivity (Wildman–Crippen MR) is 81.1 cm³/mol. The Kier molecular flexibility index (Phi) is 7.43. The fraction of sp³-hybridized carbons (Fsp3) is 0.438. The molecule has 4 nitrogen and oxygen atoms in total. The van der Waals surface area contributed by atoms with E-state index >= 15 is 0 Å². The van der Waals surface area contributed by atoms with Crippen LogP contribution < -0.4 is 10.1 Å². The van der Waals surface area contributed by atoms with E-state index in [0.717, 1.165) is 12.8 Å². The maximum Gasteiger partial charge on any atom is 0.253 e. The van der Waals surface area contributed by atoms with Gasteiger partial charge in [-0.3, -0.25) is 4.79 Å². The van der Waals surface area contributed by atoms with Crippen LogP contribution in [-0.4, -0.2) is 25.2 Å². The minimum Gasteiger partial charge on any atom is -0.491 e. The van der Waals surface area contributed by atoms with E-state index in [1.165, 1.54) is 0 Å². The van der Waals surface area contributed by atoms with Crippen LogP contribution in [0.25, 0.3) is 0 Å². The number of benzene rings is 1. The van der Waals surface area contributed by atoms with E-state index in [2.05, 4.69) is 11.9 Å². The highest BCUT2D eigenvalue weighted by atomic mass is 16.5. The fourth-order valence-electron chi connectivity index (χ4n) is 1.55. The molecule has 0 aliphatic rings. The molecule has 0 aromatic heterocycles. The number of hydrogen-bond acceptors (Lipinski definition) is 3. The summed E-state index contributed by atoms with van der Waals surface area (Å²) < 4.78 is 11.0. The second-order valence-electron chi connectivity index (χ2n) is 4.42. The number of carbonyl (C=O) groups is 1. The van der Waals surface area contributed by atoms with Crippen LogP contribution in [0.5, 0.6) is 5.75 Å². The molecule has 0 aliphatic heterocycles. The van der Waals surface area contributed by atoms with Gasteiger partial charge in [-0.25, -0.2) is 0 Å². The molecule has 110 valence electrons. The van der Waals surface area contributed by atoms with Gasteiger partial charge >= 0.3 is 0 Å². The molecule has 1 unspecified atom stereocenters. The molecule has 0 saturated heterocycles. The van der Waals surface area contributed by atoms with Crippen LogP contribution in [0.3, 0.4) is 0 Å². The molecular formula is C16H23NO3. The van der Waals surface area contributed by atoms with Gasteiger partial charge in [-0.2, -0.15) is 0 Å². The second-order valence-corrected chi connectivity index (χ2v) is 4.42. The molecule has 1 aromatic carbocycles. The Balaban J connectivity index is 2.58. The van der Waals surface area contributed by atoms with Crippen LogP contribution in [0.15, 0.2) is 36.9 Å². The van der Waals surface area contributed by atoms with Gasteiger partial charge in [0.25, 0.3) is 5.91 Å². The standard InChI is InChI=1S/C16H23NO3/c1-4-6-12-19-13(3)16(18)17-14-9-7-8-10-15(14)20-11-5-2/h4,7-10,13H,1,5-6,11-12H2,2-3H3,(H,17,18). The van der Waals surface area contributed by atoms with Crippen molar-refractivity contribution < 1.29 is 14.3 Å². The quantitative estimate of drug-likeness (QED) is 0.556. The van der Waals surface area contributed by atoms with Gasteiger partial charge in [0.2, 0.25) is 0 Å². The van der Waals surface area contributed by atoms with Crippen LogP contribution in [0.1, 0.15) is 26.7 Å². The summed E-state index contributed by atoms with van der Waals surface area (Å²) >= 11 is 0. The first-order chi connectivity index (χ1) is 9.69. The van der Waals surface area contributed by atoms with Crippen LogP contribution in [0.2, 0.25) is 0 Å². The third-order valence-electron chi connectivity index (χ3n) is 2.67. The zero-order chi connectivity index (χ0) is 14.8. The summed E-state index contributed by atoms with van der Waals surface area (Å²) in [5, 5.41) is 2.83. The van der Waals surface area contributed by atoms with E-state index in [9.17, 15) is 4.79 Å². The highest BCUT2D eigenvalue weighted by Crippen LogP contribution is 2.24. The zero-order valence-electron chi connectivity index (χ0n) is 12.2. The first-order valence-electron chi connectivity index (χ1n) is 6.94. The normalized spacial score (nSPS) is 11.7. The molecule has 0 radical (unpaired) electrons. The lowest BCUT2D eigenvalue weighted by Gasteiger charge is -2.15. The largest absolute Gasteiger partial charge is 0.491 e. The van der Waals surface area contributed by atoms with E-state index in [-0.39, 0.29) is 5.91 Å². The average molecular weight is 277 g/mol. The SMILES string of the molecule is C=CCCOC(C)C(=O)Nc1ccccc1OCCC. The van der Waals surface area contributed by atoms with Gasteiger partial charge in [-0.15, -0.1) is 6.58 Å². The third-order valence-corrected chi connectivity index (χ3v) is 2.67. The Morgan fingerprint density at radius 1 is 1.40 bits per heavy atom. The molecule has 0 fully saturated rings. The zero-order valence-corrected chi connectivity index (χ0v) is 12.2. The first kappa shape index (κ1) is 16.2. The highest BCUT2D eigenvalue weighted by molar-refractivity contribution is 5.95. The number of ether oxygens (including phenoxy) is 2. The van der Waals surface area contributed by atoms with E-state index < -0.39 is 6.10 Å². The lowest BCUT2D eigenvalue weighted by atomic mass is 10.2. The Hall–Kier alpha value is -1.81. The van der Waals surface area contributed by atoms with Crippen LogP contribution in [0.4, 0.5) is 5.69 Å². The van der Waals surface area contributed by atoms with E-state index in [4.69, 9.17) is 9.47 Å². The number of nitrogens with one attached hydrogen (secondary N) is 1. The van der Waals surface area contributed by atoms with Gasteiger partial charge in [0.05, 0.1) is 18.9 Å². The third kappa shape index (κ3) is 5.45. The molecule has 0 bridgehead atoms. The highest BCUT2D eigenvalue weighted by Gasteiger charge is 2.15. The molecule has 1 atom stereocenters. The topological polar surface area (TPSA) is 47.6 Å². The monoisotopic (exact) mass is 277 g/mol. The number of amides is 1. The van der Waals surface area contributed by atoms with Gasteiger partial charge in [0.15, 0.2) is 0 Å². The molecule has 1 N–H and O–H groups in total. The van der Waals surface area contributed by atoms with Crippen molar-refractivity contribution in [2.45, 2.75) is 32.8 Å². The van der Waals surface area contributed by atoms with Crippen LogP contribution in [-0.2, 0) is 9.53 Å². The summed E-state index contributed by atoms with van der Waals surface area (Å²) in [5.74, 6) is 0.502. The number of para-hydroxylation sites is 2. The van der Waals surface area contributed by atoms with Crippen molar-refractivity contribution >= 4 is 11.6 Å². The fourth-order valence-corrected chi connectivity index (χ4v) is 1.55. The van der Waals surface area contributed by atoms with Crippen molar-refractivity contribution in [3.63, 3.8) is 0 Å². The van der Waals surface area contributed by atoms with Crippen molar-refractivity contribution in [3.8, 4) is 5.75 Å². The van der Waals surface area contributed by atoms with Gasteiger partial charge in [0.1, 0.15) is 11.9 Å². The van der Waals surface area contributed by atoms with Gasteiger partial charge in [-0.1, -0.05) is 25.1 Å². The predicted octanol–water partition coefficient (Wildman–Crippen LogP) is 3.40. The minimum absolute atomic E-state index is 0.179. The van der Waals surface area contributed by atoms with E-state index in [0.29, 0.717) is 24.7 Å². The van der Waals surface area contributed by atoms with Crippen molar-refractivity contribution in [3.05, 3.63) is 36.9 Å². The van der Waals surface area contributed by atoms with E-state index in [1.54, 1.807) is 13.0 Å². The molecule has 0 spiro atoms. The van der Waals surface area contributed by atoms with Crippen molar-refractivity contribution in [1.82, 2.24) is 0 Å². The molecular weight excluding hydrogens is 254 g/mol. The summed E-state index contributed by atoms with van der Waals surface area (Å²) in [4.78, 5) is 12.0. The molecule has 0 heterocycles. The molecule has 1 amide bonds. The number of rotatable bonds is 9. The van der Waals surface area contributed by atoms with Crippen LogP contribution >= 0.6 is 0 Å². The van der Waals surface area contributed by atoms with Crippen LogP contribution in [0, 0.1) is 0 Å². The molecule has 0 aliphatic carbocycles. The Morgan fingerprint density at radius 2 is 2.15 bits per heavy atom. The minimum atomic E-state index is -0.505. The number of anilines is 1. The summed E-state index contributed by atoms with van der Waals surface area (Å²) in [6, 6.07) is 7.40. The van der Waals surface area contributed by atoms with Gasteiger partial charge < -0.3 is 14.8 Å². The molecule has 1 rings (SSSR count). The molecule has 20 heavy (non-hydrogen) atoms. The molecule has 4 heteroatoms. The van der Waals surface area contributed by atoms with Crippen molar-refractivity contribution in [2.24, 2.45) is 0 Å². The lowest BCUT2D eigenvalue weighted by Crippen LogP contribution is -2.28. The van der Waals surface area contributed by atoms with Gasteiger partial charge in [-0.05, 0) is 31.9 Å². The first-order valence-corrected chi connectivity index (χ1v) is 6.94. The Morgan fingerprint density at radius 3 is 2.85 bits per heavy atom. The van der Waals surface area contributed by atoms with Crippen molar-refractivity contribution in [1.29, 1.82) is 0 Å². The van der Waals surface area contributed by atoms with Crippen molar-refractivity contribution in [2.75, 3.05) is 18.5 Å². The maximum atomic E-state index is 12.0. The summed E-state index contributed by atoms with van der Waals surface area (Å²) in [6.45, 7) is 8.50. The Labute approximate surface area is 120 Å².